The lowest BCUT2D eigenvalue weighted by Crippen LogP contribution is -2.45. The molecule has 1 amide bonds. The van der Waals surface area contributed by atoms with Crippen molar-refractivity contribution in [3.05, 3.63) is 33.8 Å². The molecule has 162 valence electrons. The van der Waals surface area contributed by atoms with Gasteiger partial charge < -0.3 is 10.2 Å². The van der Waals surface area contributed by atoms with E-state index in [1.54, 1.807) is 18.2 Å². The number of nitrogens with one attached hydrogen (secondary N) is 1. The fraction of sp³-hybridized carbons (Fsp3) is 0.650. The molecule has 6 nitrogen and oxygen atoms in total. The fourth-order valence-corrected chi connectivity index (χ4v) is 6.14. The van der Waals surface area contributed by atoms with Gasteiger partial charge in [0.25, 0.3) is 0 Å². The van der Waals surface area contributed by atoms with E-state index < -0.39 is 10.0 Å². The van der Waals surface area contributed by atoms with E-state index in [0.29, 0.717) is 48.1 Å². The molecule has 0 spiro atoms. The summed E-state index contributed by atoms with van der Waals surface area (Å²) in [5, 5.41) is 3.85. The summed E-state index contributed by atoms with van der Waals surface area (Å²) in [6.45, 7) is 4.50. The predicted octanol–water partition coefficient (Wildman–Crippen LogP) is 3.14. The number of likely N-dealkylation sites (tertiary alicyclic amines) is 1. The van der Waals surface area contributed by atoms with Gasteiger partial charge in [0.2, 0.25) is 15.9 Å². The lowest BCUT2D eigenvalue weighted by Gasteiger charge is -2.31. The van der Waals surface area contributed by atoms with Gasteiger partial charge in [-0.15, -0.1) is 0 Å². The predicted molar refractivity (Wildman–Crippen MR) is 117 cm³/mol. The second kappa shape index (κ2) is 10.4. The van der Waals surface area contributed by atoms with Crippen molar-refractivity contribution in [2.24, 2.45) is 5.92 Å². The average Bonchev–Trinajstić information content (AvgIpc) is 2.71. The Labute approximate surface area is 183 Å². The number of sulfonamides is 1. The first-order valence-electron chi connectivity index (χ1n) is 10.3. The van der Waals surface area contributed by atoms with Crippen LogP contribution in [0.2, 0.25) is 10.0 Å². The molecule has 2 aliphatic heterocycles. The molecule has 0 aromatic heterocycles. The number of amides is 1. The van der Waals surface area contributed by atoms with E-state index in [0.717, 1.165) is 19.6 Å². The van der Waals surface area contributed by atoms with E-state index in [9.17, 15) is 13.2 Å². The van der Waals surface area contributed by atoms with Gasteiger partial charge in [0.15, 0.2) is 0 Å². The smallest absolute Gasteiger partial charge is 0.223 e. The first-order valence-corrected chi connectivity index (χ1v) is 12.6. The Morgan fingerprint density at radius 1 is 1.07 bits per heavy atom. The number of hydrogen-bond donors (Lipinski definition) is 1. The largest absolute Gasteiger partial charge is 0.355 e. The summed E-state index contributed by atoms with van der Waals surface area (Å²) >= 11 is 12.0. The number of carbonyl (C=O) groups is 1. The number of nitrogens with zero attached hydrogens (tertiary/aromatic N) is 2. The standard InChI is InChI=1S/C20H29Cl2N3O3S/c21-18-5-4-17(19(22)14-18)15-29(27,28)25-11-6-16(7-12-25)20(26)23-8-13-24-9-2-1-3-10-24/h4-5,14,16H,1-3,6-13,15H2,(H,23,26). The van der Waals surface area contributed by atoms with E-state index in [1.807, 2.05) is 0 Å². The van der Waals surface area contributed by atoms with Gasteiger partial charge in [-0.2, -0.15) is 0 Å². The lowest BCUT2D eigenvalue weighted by atomic mass is 9.97. The fourth-order valence-electron chi connectivity index (χ4n) is 3.99. The van der Waals surface area contributed by atoms with Gasteiger partial charge in [0.1, 0.15) is 0 Å². The van der Waals surface area contributed by atoms with E-state index in [2.05, 4.69) is 10.2 Å². The molecular weight excluding hydrogens is 433 g/mol. The SMILES string of the molecule is O=C(NCCN1CCCCC1)C1CCN(S(=O)(=O)Cc2ccc(Cl)cc2Cl)CC1. The molecule has 0 unspecified atom stereocenters. The maximum Gasteiger partial charge on any atom is 0.223 e. The quantitative estimate of drug-likeness (QED) is 0.676. The highest BCUT2D eigenvalue weighted by Crippen LogP contribution is 2.26. The second-order valence-corrected chi connectivity index (χ2v) is 10.7. The number of hydrogen-bond acceptors (Lipinski definition) is 4. The Hall–Kier alpha value is -0.860. The minimum absolute atomic E-state index is 0.0415. The molecule has 0 radical (unpaired) electrons. The van der Waals surface area contributed by atoms with Crippen LogP contribution in [0.5, 0.6) is 0 Å². The third-order valence-electron chi connectivity index (χ3n) is 5.75. The molecular formula is C20H29Cl2N3O3S. The lowest BCUT2D eigenvalue weighted by molar-refractivity contribution is -0.126. The van der Waals surface area contributed by atoms with Crippen LogP contribution >= 0.6 is 23.2 Å². The van der Waals surface area contributed by atoms with Crippen molar-refractivity contribution in [2.75, 3.05) is 39.3 Å². The zero-order valence-corrected chi connectivity index (χ0v) is 18.9. The summed E-state index contributed by atoms with van der Waals surface area (Å²) in [5.74, 6) is -0.239. The summed E-state index contributed by atoms with van der Waals surface area (Å²) in [6, 6.07) is 4.83. The van der Waals surface area contributed by atoms with Gasteiger partial charge in [0, 0.05) is 42.1 Å². The molecule has 2 heterocycles. The zero-order chi connectivity index (χ0) is 20.9. The van der Waals surface area contributed by atoms with Crippen molar-refractivity contribution in [3.8, 4) is 0 Å². The molecule has 0 aliphatic carbocycles. The third kappa shape index (κ3) is 6.56. The molecule has 2 saturated heterocycles. The minimum atomic E-state index is -3.48. The normalized spacial score (nSPS) is 19.9. The number of piperidine rings is 2. The summed E-state index contributed by atoms with van der Waals surface area (Å²) in [4.78, 5) is 14.8. The van der Waals surface area contributed by atoms with Gasteiger partial charge in [-0.05, 0) is 56.5 Å². The average molecular weight is 462 g/mol. The van der Waals surface area contributed by atoms with Crippen LogP contribution in [-0.2, 0) is 20.6 Å². The summed E-state index contributed by atoms with van der Waals surface area (Å²) in [5.41, 5.74) is 0.536. The molecule has 1 aromatic carbocycles. The molecule has 0 saturated carbocycles. The van der Waals surface area contributed by atoms with Gasteiger partial charge in [-0.1, -0.05) is 35.7 Å². The van der Waals surface area contributed by atoms with Crippen LogP contribution in [0.1, 0.15) is 37.7 Å². The van der Waals surface area contributed by atoms with Crippen molar-refractivity contribution in [2.45, 2.75) is 37.9 Å². The van der Waals surface area contributed by atoms with Gasteiger partial charge in [-0.25, -0.2) is 12.7 Å². The maximum atomic E-state index is 12.7. The molecule has 2 fully saturated rings. The molecule has 9 heteroatoms. The van der Waals surface area contributed by atoms with E-state index in [-0.39, 0.29) is 17.6 Å². The van der Waals surface area contributed by atoms with Crippen molar-refractivity contribution in [1.82, 2.24) is 14.5 Å². The van der Waals surface area contributed by atoms with Gasteiger partial charge in [-0.3, -0.25) is 4.79 Å². The molecule has 3 rings (SSSR count). The third-order valence-corrected chi connectivity index (χ3v) is 8.16. The number of carbonyl (C=O) groups excluding carboxylic acids is 1. The van der Waals surface area contributed by atoms with Crippen molar-refractivity contribution in [3.63, 3.8) is 0 Å². The minimum Gasteiger partial charge on any atom is -0.355 e. The Morgan fingerprint density at radius 3 is 2.41 bits per heavy atom. The van der Waals surface area contributed by atoms with Gasteiger partial charge in [0.05, 0.1) is 5.75 Å². The van der Waals surface area contributed by atoms with Crippen LogP contribution in [0.3, 0.4) is 0 Å². The van der Waals surface area contributed by atoms with Gasteiger partial charge >= 0.3 is 0 Å². The second-order valence-electron chi connectivity index (χ2n) is 7.86. The molecule has 2 aliphatic rings. The first-order chi connectivity index (χ1) is 13.8. The topological polar surface area (TPSA) is 69.7 Å². The molecule has 0 atom stereocenters. The van der Waals surface area contributed by atoms with Crippen LogP contribution in [0.15, 0.2) is 18.2 Å². The summed E-state index contributed by atoms with van der Waals surface area (Å²) in [6.07, 6.45) is 4.87. The van der Waals surface area contributed by atoms with Crippen molar-refractivity contribution in [1.29, 1.82) is 0 Å². The van der Waals surface area contributed by atoms with E-state index in [1.165, 1.54) is 23.6 Å². The van der Waals surface area contributed by atoms with Crippen LogP contribution in [0.25, 0.3) is 0 Å². The highest BCUT2D eigenvalue weighted by molar-refractivity contribution is 7.88. The molecule has 1 N–H and O–H groups in total. The van der Waals surface area contributed by atoms with Crippen LogP contribution in [0, 0.1) is 5.92 Å². The van der Waals surface area contributed by atoms with Crippen LogP contribution < -0.4 is 5.32 Å². The number of rotatable bonds is 7. The Bertz CT molecular complexity index is 805. The first kappa shape index (κ1) is 22.8. The summed E-state index contributed by atoms with van der Waals surface area (Å²) in [7, 11) is -3.48. The Morgan fingerprint density at radius 2 is 1.76 bits per heavy atom. The Kier molecular flexibility index (Phi) is 8.22. The molecule has 0 bridgehead atoms. The highest BCUT2D eigenvalue weighted by Gasteiger charge is 2.31. The maximum absolute atomic E-state index is 12.7. The Balaban J connectivity index is 1.44. The highest BCUT2D eigenvalue weighted by atomic mass is 35.5. The monoisotopic (exact) mass is 461 g/mol. The van der Waals surface area contributed by atoms with Crippen LogP contribution in [-0.4, -0.2) is 62.8 Å². The van der Waals surface area contributed by atoms with Crippen LogP contribution in [0.4, 0.5) is 0 Å². The van der Waals surface area contributed by atoms with E-state index in [4.69, 9.17) is 23.2 Å². The molecule has 29 heavy (non-hydrogen) atoms. The van der Waals surface area contributed by atoms with Crippen molar-refractivity contribution >= 4 is 39.1 Å². The molecule has 1 aromatic rings. The number of benzene rings is 1. The van der Waals surface area contributed by atoms with Crippen molar-refractivity contribution < 1.29 is 13.2 Å². The summed E-state index contributed by atoms with van der Waals surface area (Å²) < 4.78 is 27.0. The van der Waals surface area contributed by atoms with E-state index >= 15 is 0 Å². The number of halogens is 2. The zero-order valence-electron chi connectivity index (χ0n) is 16.6.